The highest BCUT2D eigenvalue weighted by Crippen LogP contribution is 2.08. The number of methoxy groups -OCH3 is 1. The molecule has 0 bridgehead atoms. The van der Waals surface area contributed by atoms with Gasteiger partial charge in [0.05, 0.1) is 6.61 Å². The van der Waals surface area contributed by atoms with Crippen molar-refractivity contribution in [2.75, 3.05) is 26.8 Å². The van der Waals surface area contributed by atoms with Crippen molar-refractivity contribution in [3.05, 3.63) is 0 Å². The average Bonchev–Trinajstić information content (AvgIpc) is 2.02. The molecule has 0 saturated heterocycles. The quantitative estimate of drug-likeness (QED) is 0.592. The van der Waals surface area contributed by atoms with E-state index in [-0.39, 0.29) is 0 Å². The lowest BCUT2D eigenvalue weighted by Crippen LogP contribution is -2.43. The van der Waals surface area contributed by atoms with E-state index in [0.29, 0.717) is 19.6 Å². The second-order valence-electron chi connectivity index (χ2n) is 2.79. The van der Waals surface area contributed by atoms with Crippen LogP contribution in [0.2, 0.25) is 0 Å². The fraction of sp³-hybridized carbons (Fsp3) is 1.00. The van der Waals surface area contributed by atoms with E-state index in [0.717, 1.165) is 6.54 Å². The molecular weight excluding hydrogens is 142 g/mol. The van der Waals surface area contributed by atoms with Gasteiger partial charge in [0.1, 0.15) is 5.60 Å². The second kappa shape index (κ2) is 5.52. The van der Waals surface area contributed by atoms with E-state index >= 15 is 0 Å². The Balaban J connectivity index is 3.68. The Labute approximate surface area is 68.8 Å². The van der Waals surface area contributed by atoms with Gasteiger partial charge in [-0.2, -0.15) is 0 Å². The summed E-state index contributed by atoms with van der Waals surface area (Å²) in [6.45, 7) is 5.86. The van der Waals surface area contributed by atoms with Gasteiger partial charge in [-0.05, 0) is 13.0 Å². The van der Waals surface area contributed by atoms with Crippen molar-refractivity contribution in [3.8, 4) is 0 Å². The summed E-state index contributed by atoms with van der Waals surface area (Å²) in [6.07, 6.45) is 0.716. The van der Waals surface area contributed by atoms with Crippen LogP contribution in [-0.2, 0) is 4.74 Å². The maximum atomic E-state index is 9.76. The van der Waals surface area contributed by atoms with E-state index in [4.69, 9.17) is 4.74 Å². The standard InChI is InChI=1S/C8H19NO2/c1-4-8(10,7-11-3)6-9-5-2/h9-10H,4-7H2,1-3H3. The molecule has 0 saturated carbocycles. The number of ether oxygens (including phenoxy) is 1. The Bertz CT molecular complexity index is 98.1. The Morgan fingerprint density at radius 2 is 2.09 bits per heavy atom. The summed E-state index contributed by atoms with van der Waals surface area (Å²) >= 11 is 0. The van der Waals surface area contributed by atoms with E-state index in [1.807, 2.05) is 13.8 Å². The summed E-state index contributed by atoms with van der Waals surface area (Å²) in [6, 6.07) is 0. The lowest BCUT2D eigenvalue weighted by molar-refractivity contribution is -0.0320. The second-order valence-corrected chi connectivity index (χ2v) is 2.79. The SMILES string of the molecule is CCNCC(O)(CC)COC. The zero-order valence-electron chi connectivity index (χ0n) is 7.68. The molecule has 68 valence electrons. The number of aliphatic hydroxyl groups is 1. The number of hydrogen-bond acceptors (Lipinski definition) is 3. The van der Waals surface area contributed by atoms with Crippen molar-refractivity contribution in [1.82, 2.24) is 5.32 Å². The van der Waals surface area contributed by atoms with Crippen LogP contribution in [0.5, 0.6) is 0 Å². The molecule has 0 aromatic carbocycles. The smallest absolute Gasteiger partial charge is 0.100 e. The third-order valence-corrected chi connectivity index (χ3v) is 1.78. The molecule has 0 spiro atoms. The Morgan fingerprint density at radius 1 is 1.45 bits per heavy atom. The molecule has 0 radical (unpaired) electrons. The third kappa shape index (κ3) is 4.35. The van der Waals surface area contributed by atoms with Gasteiger partial charge in [0.25, 0.3) is 0 Å². The fourth-order valence-corrected chi connectivity index (χ4v) is 0.904. The van der Waals surface area contributed by atoms with Gasteiger partial charge in [0.15, 0.2) is 0 Å². The van der Waals surface area contributed by atoms with Crippen molar-refractivity contribution in [2.24, 2.45) is 0 Å². The monoisotopic (exact) mass is 161 g/mol. The van der Waals surface area contributed by atoms with Crippen LogP contribution in [0.3, 0.4) is 0 Å². The first-order valence-electron chi connectivity index (χ1n) is 4.10. The highest BCUT2D eigenvalue weighted by Gasteiger charge is 2.23. The lowest BCUT2D eigenvalue weighted by Gasteiger charge is -2.25. The summed E-state index contributed by atoms with van der Waals surface area (Å²) in [4.78, 5) is 0. The van der Waals surface area contributed by atoms with Crippen molar-refractivity contribution in [3.63, 3.8) is 0 Å². The van der Waals surface area contributed by atoms with Crippen molar-refractivity contribution >= 4 is 0 Å². The van der Waals surface area contributed by atoms with Crippen LogP contribution in [0.15, 0.2) is 0 Å². The molecule has 1 unspecified atom stereocenters. The lowest BCUT2D eigenvalue weighted by atomic mass is 10.0. The minimum atomic E-state index is -0.690. The van der Waals surface area contributed by atoms with Gasteiger partial charge < -0.3 is 15.2 Å². The van der Waals surface area contributed by atoms with Crippen molar-refractivity contribution in [1.29, 1.82) is 0 Å². The molecular formula is C8H19NO2. The van der Waals surface area contributed by atoms with Crippen molar-refractivity contribution in [2.45, 2.75) is 25.9 Å². The maximum Gasteiger partial charge on any atom is 0.100 e. The molecule has 1 atom stereocenters. The van der Waals surface area contributed by atoms with Gasteiger partial charge in [-0.15, -0.1) is 0 Å². The molecule has 0 rings (SSSR count). The van der Waals surface area contributed by atoms with E-state index in [1.54, 1.807) is 7.11 Å². The summed E-state index contributed by atoms with van der Waals surface area (Å²) in [5.41, 5.74) is -0.690. The fourth-order valence-electron chi connectivity index (χ4n) is 0.904. The van der Waals surface area contributed by atoms with Gasteiger partial charge in [0, 0.05) is 13.7 Å². The largest absolute Gasteiger partial charge is 0.386 e. The molecule has 0 amide bonds. The van der Waals surface area contributed by atoms with Gasteiger partial charge >= 0.3 is 0 Å². The first-order valence-corrected chi connectivity index (χ1v) is 4.10. The highest BCUT2D eigenvalue weighted by molar-refractivity contribution is 4.78. The maximum absolute atomic E-state index is 9.76. The van der Waals surface area contributed by atoms with Gasteiger partial charge in [0.2, 0.25) is 0 Å². The summed E-state index contributed by atoms with van der Waals surface area (Å²) in [5.74, 6) is 0. The van der Waals surface area contributed by atoms with Crippen LogP contribution in [0.1, 0.15) is 20.3 Å². The molecule has 0 fully saturated rings. The number of nitrogens with one attached hydrogen (secondary N) is 1. The van der Waals surface area contributed by atoms with Gasteiger partial charge in [-0.1, -0.05) is 13.8 Å². The van der Waals surface area contributed by atoms with E-state index in [9.17, 15) is 5.11 Å². The predicted molar refractivity (Wildman–Crippen MR) is 45.7 cm³/mol. The molecule has 0 aliphatic carbocycles. The normalized spacial score (nSPS) is 16.4. The topological polar surface area (TPSA) is 41.5 Å². The van der Waals surface area contributed by atoms with E-state index in [2.05, 4.69) is 5.32 Å². The van der Waals surface area contributed by atoms with Crippen LogP contribution in [-0.4, -0.2) is 37.5 Å². The van der Waals surface area contributed by atoms with Gasteiger partial charge in [-0.25, -0.2) is 0 Å². The molecule has 0 heterocycles. The van der Waals surface area contributed by atoms with E-state index in [1.165, 1.54) is 0 Å². The van der Waals surface area contributed by atoms with Crippen molar-refractivity contribution < 1.29 is 9.84 Å². The Kier molecular flexibility index (Phi) is 5.46. The first-order chi connectivity index (χ1) is 5.18. The minimum Gasteiger partial charge on any atom is -0.386 e. The molecule has 3 nitrogen and oxygen atoms in total. The summed E-state index contributed by atoms with van der Waals surface area (Å²) in [7, 11) is 1.60. The Hall–Kier alpha value is -0.120. The minimum absolute atomic E-state index is 0.399. The molecule has 0 aliphatic rings. The Morgan fingerprint density at radius 3 is 2.45 bits per heavy atom. The van der Waals surface area contributed by atoms with Crippen LogP contribution in [0.25, 0.3) is 0 Å². The molecule has 2 N–H and O–H groups in total. The predicted octanol–water partition coefficient (Wildman–Crippen LogP) is 0.383. The summed E-state index contributed by atoms with van der Waals surface area (Å²) < 4.78 is 4.90. The molecule has 0 aliphatic heterocycles. The van der Waals surface area contributed by atoms with Crippen LogP contribution in [0, 0.1) is 0 Å². The molecule has 0 aromatic heterocycles. The van der Waals surface area contributed by atoms with Crippen LogP contribution >= 0.6 is 0 Å². The van der Waals surface area contributed by atoms with Crippen LogP contribution in [0.4, 0.5) is 0 Å². The molecule has 11 heavy (non-hydrogen) atoms. The van der Waals surface area contributed by atoms with Crippen LogP contribution < -0.4 is 5.32 Å². The number of rotatable bonds is 6. The highest BCUT2D eigenvalue weighted by atomic mass is 16.5. The number of hydrogen-bond donors (Lipinski definition) is 2. The molecule has 0 aromatic rings. The molecule has 3 heteroatoms. The first kappa shape index (κ1) is 10.9. The zero-order valence-corrected chi connectivity index (χ0v) is 7.68. The van der Waals surface area contributed by atoms with Gasteiger partial charge in [-0.3, -0.25) is 0 Å². The third-order valence-electron chi connectivity index (χ3n) is 1.78. The van der Waals surface area contributed by atoms with E-state index < -0.39 is 5.60 Å². The summed E-state index contributed by atoms with van der Waals surface area (Å²) in [5, 5.41) is 12.9. The zero-order chi connectivity index (χ0) is 8.74. The number of likely N-dealkylation sites (N-methyl/N-ethyl adjacent to an activating group) is 1. The average molecular weight is 161 g/mol.